The number of aryl methyl sites for hydroxylation is 1. The van der Waals surface area contributed by atoms with E-state index in [0.29, 0.717) is 35.7 Å². The van der Waals surface area contributed by atoms with E-state index in [4.69, 9.17) is 0 Å². The van der Waals surface area contributed by atoms with E-state index in [1.54, 1.807) is 25.1 Å². The molecule has 2 amide bonds. The third kappa shape index (κ3) is 7.65. The van der Waals surface area contributed by atoms with Crippen LogP contribution in [0.25, 0.3) is 0 Å². The van der Waals surface area contributed by atoms with Gasteiger partial charge in [-0.3, -0.25) is 14.5 Å². The molecule has 0 bridgehead atoms. The minimum atomic E-state index is -4.60. The minimum Gasteiger partial charge on any atom is -0.311 e. The summed E-state index contributed by atoms with van der Waals surface area (Å²) in [6.07, 6.45) is -3.15. The molecular weight excluding hydrogens is 521 g/mol. The second-order valence-corrected chi connectivity index (χ2v) is 9.59. The number of pyridine rings is 2. The Hall–Kier alpha value is -4.27. The number of rotatable bonds is 5. The molecule has 1 aromatic carbocycles. The van der Waals surface area contributed by atoms with E-state index in [0.717, 1.165) is 19.2 Å². The van der Waals surface area contributed by atoms with Crippen molar-refractivity contribution in [1.29, 1.82) is 0 Å². The highest BCUT2D eigenvalue weighted by Crippen LogP contribution is 2.33. The summed E-state index contributed by atoms with van der Waals surface area (Å²) in [6, 6.07) is 10.2. The number of hydrogen-bond acceptors (Lipinski definition) is 6. The molecule has 0 saturated carbocycles. The first kappa shape index (κ1) is 28.7. The number of nitrogens with one attached hydrogen (secondary N) is 2. The topological polar surface area (TPSA) is 90.5 Å². The number of halogens is 3. The van der Waals surface area contributed by atoms with Crippen LogP contribution in [0.1, 0.15) is 45.2 Å². The Balaban J connectivity index is 1.48. The maximum Gasteiger partial charge on any atom is 0.416 e. The normalized spacial score (nSPS) is 14.2. The zero-order valence-corrected chi connectivity index (χ0v) is 22.4. The van der Waals surface area contributed by atoms with Crippen LogP contribution >= 0.6 is 0 Å². The Morgan fingerprint density at radius 1 is 0.975 bits per heavy atom. The number of nitrogens with zero attached hydrogens (tertiary/aromatic N) is 4. The summed E-state index contributed by atoms with van der Waals surface area (Å²) in [6.45, 7) is 6.26. The van der Waals surface area contributed by atoms with Crippen molar-refractivity contribution in [3.05, 3.63) is 82.2 Å². The lowest BCUT2D eigenvalue weighted by Crippen LogP contribution is -2.44. The summed E-state index contributed by atoms with van der Waals surface area (Å²) in [4.78, 5) is 36.6. The van der Waals surface area contributed by atoms with Gasteiger partial charge in [0.15, 0.2) is 0 Å². The molecule has 0 unspecified atom stereocenters. The molecule has 1 aliphatic heterocycles. The Kier molecular flexibility index (Phi) is 8.82. The Labute approximate surface area is 230 Å². The molecule has 40 heavy (non-hydrogen) atoms. The summed E-state index contributed by atoms with van der Waals surface area (Å²) in [5.74, 6) is 5.60. The van der Waals surface area contributed by atoms with Gasteiger partial charge in [-0.2, -0.15) is 13.2 Å². The zero-order valence-electron chi connectivity index (χ0n) is 22.4. The third-order valence-electron chi connectivity index (χ3n) is 6.40. The summed E-state index contributed by atoms with van der Waals surface area (Å²) in [7, 11) is 1.98. The predicted molar refractivity (Wildman–Crippen MR) is 146 cm³/mol. The van der Waals surface area contributed by atoms with Crippen LogP contribution in [0, 0.1) is 18.8 Å². The second-order valence-electron chi connectivity index (χ2n) is 9.59. The van der Waals surface area contributed by atoms with Crippen molar-refractivity contribution >= 4 is 23.5 Å². The Morgan fingerprint density at radius 2 is 1.73 bits per heavy atom. The zero-order chi connectivity index (χ0) is 28.9. The van der Waals surface area contributed by atoms with Gasteiger partial charge in [-0.1, -0.05) is 17.9 Å². The molecular formula is C29H29F3N6O2. The van der Waals surface area contributed by atoms with Crippen LogP contribution < -0.4 is 10.6 Å². The number of carbonyl (C=O) groups is 2. The van der Waals surface area contributed by atoms with Gasteiger partial charge in [-0.05, 0) is 55.9 Å². The van der Waals surface area contributed by atoms with Crippen LogP contribution in [0.5, 0.6) is 0 Å². The monoisotopic (exact) mass is 550 g/mol. The van der Waals surface area contributed by atoms with Crippen molar-refractivity contribution in [1.82, 2.24) is 19.8 Å². The molecule has 3 aromatic rings. The average Bonchev–Trinajstić information content (AvgIpc) is 2.89. The molecule has 0 spiro atoms. The van der Waals surface area contributed by atoms with Crippen LogP contribution in [0.3, 0.4) is 0 Å². The van der Waals surface area contributed by atoms with Gasteiger partial charge in [0, 0.05) is 62.5 Å². The fourth-order valence-electron chi connectivity index (χ4n) is 4.21. The standard InChI is InChI=1S/C29H29F3N6O2/c1-19-22(8-9-26(34-19)35-20(2)39)5-4-21-10-11-33-27(16-21)36-28(40)23-6-7-24(25(17-23)29(30,31)32)18-38-14-12-37(3)13-15-38/h6-11,16-17H,12-15,18H2,1-3H3,(H,33,36,40)(H,34,35,39). The van der Waals surface area contributed by atoms with E-state index in [2.05, 4.69) is 37.3 Å². The van der Waals surface area contributed by atoms with E-state index in [1.807, 2.05) is 11.9 Å². The molecule has 208 valence electrons. The summed E-state index contributed by atoms with van der Waals surface area (Å²) in [5, 5.41) is 5.17. The number of carbonyl (C=O) groups excluding carboxylic acids is 2. The smallest absolute Gasteiger partial charge is 0.311 e. The van der Waals surface area contributed by atoms with Crippen LogP contribution in [-0.4, -0.2) is 64.8 Å². The number of likely N-dealkylation sites (N-methyl/N-ethyl adjacent to an activating group) is 1. The molecule has 1 aliphatic rings. The first-order chi connectivity index (χ1) is 19.0. The maximum atomic E-state index is 13.9. The van der Waals surface area contributed by atoms with Crippen molar-refractivity contribution < 1.29 is 22.8 Å². The number of hydrogen-bond donors (Lipinski definition) is 2. The third-order valence-corrected chi connectivity index (χ3v) is 6.40. The van der Waals surface area contributed by atoms with E-state index in [9.17, 15) is 22.8 Å². The van der Waals surface area contributed by atoms with Crippen LogP contribution in [0.4, 0.5) is 24.8 Å². The van der Waals surface area contributed by atoms with Crippen LogP contribution in [-0.2, 0) is 17.5 Å². The van der Waals surface area contributed by atoms with Crippen molar-refractivity contribution in [3.63, 3.8) is 0 Å². The molecule has 1 saturated heterocycles. The van der Waals surface area contributed by atoms with Gasteiger partial charge in [0.25, 0.3) is 5.91 Å². The summed E-state index contributed by atoms with van der Waals surface area (Å²) >= 11 is 0. The number of anilines is 2. The molecule has 3 heterocycles. The van der Waals surface area contributed by atoms with Gasteiger partial charge < -0.3 is 15.5 Å². The molecule has 11 heteroatoms. The molecule has 8 nitrogen and oxygen atoms in total. The van der Waals surface area contributed by atoms with Gasteiger partial charge in [-0.15, -0.1) is 0 Å². The van der Waals surface area contributed by atoms with Crippen LogP contribution in [0.15, 0.2) is 48.7 Å². The maximum absolute atomic E-state index is 13.9. The number of aromatic nitrogens is 2. The number of alkyl halides is 3. The highest BCUT2D eigenvalue weighted by molar-refractivity contribution is 6.04. The first-order valence-corrected chi connectivity index (χ1v) is 12.6. The minimum absolute atomic E-state index is 0.117. The van der Waals surface area contributed by atoms with E-state index < -0.39 is 17.6 Å². The average molecular weight is 551 g/mol. The van der Waals surface area contributed by atoms with Gasteiger partial charge >= 0.3 is 6.18 Å². The number of amides is 2. The Bertz CT molecular complexity index is 1470. The van der Waals surface area contributed by atoms with E-state index in [-0.39, 0.29) is 29.4 Å². The van der Waals surface area contributed by atoms with Gasteiger partial charge in [0.05, 0.1) is 11.3 Å². The van der Waals surface area contributed by atoms with Crippen LogP contribution in [0.2, 0.25) is 0 Å². The summed E-state index contributed by atoms with van der Waals surface area (Å²) in [5.41, 5.74) is 1.01. The lowest BCUT2D eigenvalue weighted by atomic mass is 10.0. The largest absolute Gasteiger partial charge is 0.416 e. The van der Waals surface area contributed by atoms with Crippen molar-refractivity contribution in [2.24, 2.45) is 0 Å². The molecule has 0 atom stereocenters. The molecule has 2 N–H and O–H groups in total. The van der Waals surface area contributed by atoms with Gasteiger partial charge in [0.1, 0.15) is 11.6 Å². The first-order valence-electron chi connectivity index (χ1n) is 12.6. The number of benzene rings is 1. The van der Waals surface area contributed by atoms with Gasteiger partial charge in [0.2, 0.25) is 5.91 Å². The highest BCUT2D eigenvalue weighted by atomic mass is 19.4. The highest BCUT2D eigenvalue weighted by Gasteiger charge is 2.34. The molecule has 0 radical (unpaired) electrons. The fraction of sp³-hybridized carbons (Fsp3) is 0.310. The van der Waals surface area contributed by atoms with Gasteiger partial charge in [-0.25, -0.2) is 9.97 Å². The lowest BCUT2D eigenvalue weighted by Gasteiger charge is -2.33. The van der Waals surface area contributed by atoms with Crippen molar-refractivity contribution in [3.8, 4) is 11.8 Å². The fourth-order valence-corrected chi connectivity index (χ4v) is 4.21. The Morgan fingerprint density at radius 3 is 2.40 bits per heavy atom. The molecule has 1 fully saturated rings. The van der Waals surface area contributed by atoms with Crippen molar-refractivity contribution in [2.45, 2.75) is 26.6 Å². The predicted octanol–water partition coefficient (Wildman–Crippen LogP) is 4.16. The number of piperazine rings is 1. The molecule has 0 aliphatic carbocycles. The van der Waals surface area contributed by atoms with E-state index >= 15 is 0 Å². The molecule has 4 rings (SSSR count). The SMILES string of the molecule is CC(=O)Nc1ccc(C#Cc2ccnc(NC(=O)c3ccc(CN4CCN(C)CC4)c(C(F)(F)F)c3)c2)c(C)n1. The van der Waals surface area contributed by atoms with E-state index in [1.165, 1.54) is 31.3 Å². The van der Waals surface area contributed by atoms with Crippen molar-refractivity contribution in [2.75, 3.05) is 43.9 Å². The molecule has 2 aromatic heterocycles. The quantitative estimate of drug-likeness (QED) is 0.464. The second kappa shape index (κ2) is 12.3. The lowest BCUT2D eigenvalue weighted by molar-refractivity contribution is -0.138. The summed E-state index contributed by atoms with van der Waals surface area (Å²) < 4.78 is 41.7.